The molecule has 0 bridgehead atoms. The number of methoxy groups -OCH3 is 1. The molecule has 1 aliphatic heterocycles. The number of carbonyl (C=O) groups excluding carboxylic acids is 1. The van der Waals surface area contributed by atoms with Crippen LogP contribution >= 0.6 is 10.7 Å². The molecule has 0 aliphatic carbocycles. The molecule has 0 N–H and O–H groups in total. The minimum Gasteiger partial charge on any atom is -0.481 e. The maximum absolute atomic E-state index is 11.8. The van der Waals surface area contributed by atoms with Gasteiger partial charge in [0, 0.05) is 35.4 Å². The average Bonchev–Trinajstić information content (AvgIpc) is 2.72. The summed E-state index contributed by atoms with van der Waals surface area (Å²) in [6.45, 7) is 0.363. The molecular weight excluding hydrogens is 292 g/mol. The van der Waals surface area contributed by atoms with Gasteiger partial charge in [0.1, 0.15) is 5.25 Å². The Hall–Kier alpha value is -1.34. The highest BCUT2D eigenvalue weighted by molar-refractivity contribution is 8.14. The molecule has 0 radical (unpaired) electrons. The molecule has 0 spiro atoms. The van der Waals surface area contributed by atoms with Crippen molar-refractivity contribution in [3.05, 3.63) is 23.9 Å². The number of ether oxygens (including phenoxy) is 1. The molecule has 8 heteroatoms. The van der Waals surface area contributed by atoms with Crippen LogP contribution in [0, 0.1) is 0 Å². The lowest BCUT2D eigenvalue weighted by molar-refractivity contribution is -0.128. The van der Waals surface area contributed by atoms with Gasteiger partial charge in [-0.05, 0) is 6.07 Å². The van der Waals surface area contributed by atoms with Crippen molar-refractivity contribution in [2.45, 2.75) is 18.2 Å². The number of hydrogen-bond acceptors (Lipinski definition) is 5. The fourth-order valence-electron chi connectivity index (χ4n) is 2.01. The van der Waals surface area contributed by atoms with Crippen molar-refractivity contribution in [3.63, 3.8) is 0 Å². The summed E-state index contributed by atoms with van der Waals surface area (Å²) >= 11 is 0. The van der Waals surface area contributed by atoms with Gasteiger partial charge in [-0.2, -0.15) is 0 Å². The summed E-state index contributed by atoms with van der Waals surface area (Å²) in [5, 5.41) is -0.843. The number of likely N-dealkylation sites (tertiary alicyclic amines) is 1. The Morgan fingerprint density at radius 1 is 1.58 bits per heavy atom. The Labute approximate surface area is 115 Å². The summed E-state index contributed by atoms with van der Waals surface area (Å²) in [6.07, 6.45) is 1.51. The summed E-state index contributed by atoms with van der Waals surface area (Å²) in [6, 6.07) is 3.51. The Morgan fingerprint density at radius 3 is 2.89 bits per heavy atom. The van der Waals surface area contributed by atoms with Gasteiger partial charge in [0.2, 0.25) is 20.8 Å². The van der Waals surface area contributed by atoms with Gasteiger partial charge in [-0.1, -0.05) is 6.07 Å². The van der Waals surface area contributed by atoms with E-state index in [0.717, 1.165) is 5.56 Å². The van der Waals surface area contributed by atoms with E-state index in [1.807, 2.05) is 0 Å². The molecule has 0 aromatic carbocycles. The average molecular weight is 305 g/mol. The van der Waals surface area contributed by atoms with Crippen molar-refractivity contribution < 1.29 is 17.9 Å². The number of rotatable bonds is 4. The highest BCUT2D eigenvalue weighted by Crippen LogP contribution is 2.24. The molecule has 1 atom stereocenters. The van der Waals surface area contributed by atoms with Crippen molar-refractivity contribution in [1.82, 2.24) is 9.88 Å². The first kappa shape index (κ1) is 14.1. The number of amides is 1. The van der Waals surface area contributed by atoms with Crippen LogP contribution in [0.2, 0.25) is 0 Å². The van der Waals surface area contributed by atoms with Crippen molar-refractivity contribution >= 4 is 25.6 Å². The molecule has 104 valence electrons. The van der Waals surface area contributed by atoms with Crippen LogP contribution in [0.15, 0.2) is 18.3 Å². The lowest BCUT2D eigenvalue weighted by Crippen LogP contribution is -2.26. The largest absolute Gasteiger partial charge is 0.481 e. The van der Waals surface area contributed by atoms with Crippen molar-refractivity contribution in [3.8, 4) is 5.88 Å². The van der Waals surface area contributed by atoms with Crippen LogP contribution in [0.5, 0.6) is 5.88 Å². The lowest BCUT2D eigenvalue weighted by atomic mass is 10.2. The van der Waals surface area contributed by atoms with E-state index >= 15 is 0 Å². The number of hydrogen-bond donors (Lipinski definition) is 0. The van der Waals surface area contributed by atoms with Crippen LogP contribution < -0.4 is 4.74 Å². The molecule has 1 aromatic heterocycles. The van der Waals surface area contributed by atoms with Gasteiger partial charge in [-0.3, -0.25) is 4.79 Å². The zero-order valence-corrected chi connectivity index (χ0v) is 11.8. The fourth-order valence-corrected chi connectivity index (χ4v) is 3.07. The summed E-state index contributed by atoms with van der Waals surface area (Å²) in [5.74, 6) is 0.188. The van der Waals surface area contributed by atoms with Gasteiger partial charge in [0.25, 0.3) is 0 Å². The van der Waals surface area contributed by atoms with Crippen molar-refractivity contribution in [2.75, 3.05) is 13.7 Å². The Kier molecular flexibility index (Phi) is 3.96. The van der Waals surface area contributed by atoms with Crippen molar-refractivity contribution in [1.29, 1.82) is 0 Å². The molecule has 1 aliphatic rings. The molecule has 19 heavy (non-hydrogen) atoms. The zero-order chi connectivity index (χ0) is 14.0. The highest BCUT2D eigenvalue weighted by Gasteiger charge is 2.37. The smallest absolute Gasteiger partial charge is 0.237 e. The van der Waals surface area contributed by atoms with E-state index in [4.69, 9.17) is 15.4 Å². The first-order valence-corrected chi connectivity index (χ1v) is 7.98. The maximum Gasteiger partial charge on any atom is 0.237 e. The molecule has 1 aromatic rings. The summed E-state index contributed by atoms with van der Waals surface area (Å²) in [4.78, 5) is 17.3. The third-order valence-electron chi connectivity index (χ3n) is 2.98. The second kappa shape index (κ2) is 5.34. The quantitative estimate of drug-likeness (QED) is 0.768. The predicted molar refractivity (Wildman–Crippen MR) is 69.4 cm³/mol. The second-order valence-corrected chi connectivity index (χ2v) is 7.16. The summed E-state index contributed by atoms with van der Waals surface area (Å²) in [7, 11) is 3.06. The molecule has 1 unspecified atom stereocenters. The van der Waals surface area contributed by atoms with E-state index in [9.17, 15) is 13.2 Å². The molecule has 0 saturated carbocycles. The maximum atomic E-state index is 11.8. The lowest BCUT2D eigenvalue weighted by Gasteiger charge is -2.17. The molecule has 2 heterocycles. The van der Waals surface area contributed by atoms with Gasteiger partial charge < -0.3 is 9.64 Å². The van der Waals surface area contributed by atoms with Crippen LogP contribution in [0.3, 0.4) is 0 Å². The Morgan fingerprint density at radius 2 is 2.32 bits per heavy atom. The number of aromatic nitrogens is 1. The third kappa shape index (κ3) is 3.16. The zero-order valence-electron chi connectivity index (χ0n) is 10.2. The highest BCUT2D eigenvalue weighted by atomic mass is 35.7. The van der Waals surface area contributed by atoms with E-state index in [1.165, 1.54) is 12.0 Å². The van der Waals surface area contributed by atoms with Crippen LogP contribution in [0.1, 0.15) is 12.0 Å². The minimum atomic E-state index is -3.71. The first-order chi connectivity index (χ1) is 8.91. The van der Waals surface area contributed by atoms with E-state index in [-0.39, 0.29) is 25.4 Å². The van der Waals surface area contributed by atoms with Crippen molar-refractivity contribution in [2.24, 2.45) is 0 Å². The number of carbonyl (C=O) groups is 1. The van der Waals surface area contributed by atoms with Crippen LogP contribution in [0.25, 0.3) is 0 Å². The monoisotopic (exact) mass is 304 g/mol. The second-order valence-electron chi connectivity index (χ2n) is 4.25. The molecule has 6 nitrogen and oxygen atoms in total. The van der Waals surface area contributed by atoms with Gasteiger partial charge >= 0.3 is 0 Å². The van der Waals surface area contributed by atoms with E-state index in [1.54, 1.807) is 18.3 Å². The van der Waals surface area contributed by atoms with Crippen LogP contribution in [-0.4, -0.2) is 43.1 Å². The predicted octanol–water partition coefficient (Wildman–Crippen LogP) is 0.760. The molecule has 1 amide bonds. The number of halogens is 1. The van der Waals surface area contributed by atoms with Crippen LogP contribution in [-0.2, 0) is 20.4 Å². The molecule has 1 fully saturated rings. The summed E-state index contributed by atoms with van der Waals surface area (Å²) in [5.41, 5.74) is 0.728. The minimum absolute atomic E-state index is 0.0750. The van der Waals surface area contributed by atoms with E-state index in [0.29, 0.717) is 5.88 Å². The number of pyridine rings is 1. The normalized spacial score (nSPS) is 19.8. The molecule has 1 saturated heterocycles. The van der Waals surface area contributed by atoms with Gasteiger partial charge in [-0.25, -0.2) is 13.4 Å². The third-order valence-corrected chi connectivity index (χ3v) is 4.85. The SMILES string of the molecule is COc1ncccc1CN1CC(S(=O)(=O)Cl)CC1=O. The van der Waals surface area contributed by atoms with E-state index < -0.39 is 14.3 Å². The Bertz CT molecular complexity index is 590. The van der Waals surface area contributed by atoms with Crippen LogP contribution in [0.4, 0.5) is 0 Å². The topological polar surface area (TPSA) is 76.6 Å². The van der Waals surface area contributed by atoms with Gasteiger partial charge in [-0.15, -0.1) is 0 Å². The molecular formula is C11H13ClN2O4S. The van der Waals surface area contributed by atoms with Gasteiger partial charge in [0.15, 0.2) is 0 Å². The Balaban J connectivity index is 2.14. The molecule has 2 rings (SSSR count). The summed E-state index contributed by atoms with van der Waals surface area (Å²) < 4.78 is 27.6. The number of nitrogens with zero attached hydrogens (tertiary/aromatic N) is 2. The van der Waals surface area contributed by atoms with E-state index in [2.05, 4.69) is 4.98 Å². The fraction of sp³-hybridized carbons (Fsp3) is 0.455. The van der Waals surface area contributed by atoms with Gasteiger partial charge in [0.05, 0.1) is 13.7 Å². The standard InChI is InChI=1S/C11H13ClN2O4S/c1-18-11-8(3-2-4-13-11)6-14-7-9(5-10(14)15)19(12,16)17/h2-4,9H,5-7H2,1H3. The first-order valence-electron chi connectivity index (χ1n) is 5.61.